The zero-order valence-electron chi connectivity index (χ0n) is 10.8. The molecule has 1 fully saturated rings. The summed E-state index contributed by atoms with van der Waals surface area (Å²) in [7, 11) is 0. The SMILES string of the molecule is CSC1CCCC1NC(=O)c1cc(Cl)ccc1NN. The number of thioether (sulfide) groups is 1. The molecule has 0 aliphatic heterocycles. The first-order chi connectivity index (χ1) is 9.15. The van der Waals surface area contributed by atoms with Gasteiger partial charge in [-0.15, -0.1) is 0 Å². The van der Waals surface area contributed by atoms with Crippen LogP contribution in [-0.4, -0.2) is 23.5 Å². The summed E-state index contributed by atoms with van der Waals surface area (Å²) < 4.78 is 0. The molecule has 2 atom stereocenters. The van der Waals surface area contributed by atoms with Crippen LogP contribution < -0.4 is 16.6 Å². The van der Waals surface area contributed by atoms with Crippen molar-refractivity contribution < 1.29 is 4.79 Å². The first kappa shape index (κ1) is 14.5. The van der Waals surface area contributed by atoms with Crippen molar-refractivity contribution in [3.8, 4) is 0 Å². The first-order valence-corrected chi connectivity index (χ1v) is 7.92. The fraction of sp³-hybridized carbons (Fsp3) is 0.462. The molecule has 1 aliphatic carbocycles. The lowest BCUT2D eigenvalue weighted by Crippen LogP contribution is -2.39. The van der Waals surface area contributed by atoms with E-state index < -0.39 is 0 Å². The van der Waals surface area contributed by atoms with Crippen LogP contribution in [0.15, 0.2) is 18.2 Å². The topological polar surface area (TPSA) is 67.2 Å². The van der Waals surface area contributed by atoms with Crippen molar-refractivity contribution in [1.82, 2.24) is 5.32 Å². The summed E-state index contributed by atoms with van der Waals surface area (Å²) in [6, 6.07) is 5.27. The molecule has 2 rings (SSSR count). The van der Waals surface area contributed by atoms with Gasteiger partial charge in [0, 0.05) is 16.3 Å². The molecule has 4 nitrogen and oxygen atoms in total. The van der Waals surface area contributed by atoms with Gasteiger partial charge in [0.15, 0.2) is 0 Å². The highest BCUT2D eigenvalue weighted by Crippen LogP contribution is 2.29. The Balaban J connectivity index is 2.13. The maximum atomic E-state index is 12.3. The number of halogens is 1. The van der Waals surface area contributed by atoms with E-state index in [0.29, 0.717) is 21.5 Å². The zero-order chi connectivity index (χ0) is 13.8. The highest BCUT2D eigenvalue weighted by atomic mass is 35.5. The van der Waals surface area contributed by atoms with Crippen molar-refractivity contribution in [2.75, 3.05) is 11.7 Å². The van der Waals surface area contributed by atoms with Gasteiger partial charge in [0.1, 0.15) is 0 Å². The van der Waals surface area contributed by atoms with Gasteiger partial charge in [0.2, 0.25) is 0 Å². The largest absolute Gasteiger partial charge is 0.348 e. The molecule has 0 radical (unpaired) electrons. The Morgan fingerprint density at radius 2 is 2.26 bits per heavy atom. The molecule has 0 bridgehead atoms. The van der Waals surface area contributed by atoms with Gasteiger partial charge in [-0.3, -0.25) is 10.6 Å². The second-order valence-electron chi connectivity index (χ2n) is 4.62. The predicted octanol–water partition coefficient (Wildman–Crippen LogP) is 2.64. The van der Waals surface area contributed by atoms with Crippen LogP contribution in [0.2, 0.25) is 5.02 Å². The fourth-order valence-electron chi connectivity index (χ4n) is 2.45. The molecule has 0 heterocycles. The van der Waals surface area contributed by atoms with Crippen molar-refractivity contribution in [2.45, 2.75) is 30.6 Å². The number of carbonyl (C=O) groups is 1. The number of amides is 1. The highest BCUT2D eigenvalue weighted by Gasteiger charge is 2.28. The van der Waals surface area contributed by atoms with E-state index in [0.717, 1.165) is 19.3 Å². The molecule has 0 aromatic heterocycles. The van der Waals surface area contributed by atoms with E-state index in [4.69, 9.17) is 17.4 Å². The van der Waals surface area contributed by atoms with Gasteiger partial charge in [-0.1, -0.05) is 18.0 Å². The Morgan fingerprint density at radius 3 is 2.95 bits per heavy atom. The quantitative estimate of drug-likeness (QED) is 0.590. The average molecular weight is 300 g/mol. The zero-order valence-corrected chi connectivity index (χ0v) is 12.4. The minimum Gasteiger partial charge on any atom is -0.348 e. The number of anilines is 1. The predicted molar refractivity (Wildman–Crippen MR) is 81.7 cm³/mol. The molecule has 4 N–H and O–H groups in total. The second kappa shape index (κ2) is 6.50. The van der Waals surface area contributed by atoms with Crippen LogP contribution in [-0.2, 0) is 0 Å². The molecule has 0 saturated heterocycles. The summed E-state index contributed by atoms with van der Waals surface area (Å²) in [4.78, 5) is 12.3. The molecular formula is C13H18ClN3OS. The average Bonchev–Trinajstić information content (AvgIpc) is 2.85. The summed E-state index contributed by atoms with van der Waals surface area (Å²) >= 11 is 7.75. The van der Waals surface area contributed by atoms with Crippen LogP contribution in [0.5, 0.6) is 0 Å². The third kappa shape index (κ3) is 3.35. The van der Waals surface area contributed by atoms with E-state index in [9.17, 15) is 4.79 Å². The number of hydrogen-bond acceptors (Lipinski definition) is 4. The number of hydrogen-bond donors (Lipinski definition) is 3. The van der Waals surface area contributed by atoms with Crippen molar-refractivity contribution in [1.29, 1.82) is 0 Å². The molecule has 0 spiro atoms. The highest BCUT2D eigenvalue weighted by molar-refractivity contribution is 7.99. The number of carbonyl (C=O) groups excluding carboxylic acids is 1. The smallest absolute Gasteiger partial charge is 0.253 e. The summed E-state index contributed by atoms with van der Waals surface area (Å²) in [5, 5.41) is 4.11. The molecular weight excluding hydrogens is 282 g/mol. The summed E-state index contributed by atoms with van der Waals surface area (Å²) in [5.41, 5.74) is 3.60. The molecule has 1 saturated carbocycles. The third-order valence-corrected chi connectivity index (χ3v) is 4.86. The molecule has 19 heavy (non-hydrogen) atoms. The van der Waals surface area contributed by atoms with E-state index in [2.05, 4.69) is 17.0 Å². The standard InChI is InChI=1S/C13H18ClN3OS/c1-19-12-4-2-3-11(12)16-13(18)9-7-8(14)5-6-10(9)17-15/h5-7,11-12,17H,2-4,15H2,1H3,(H,16,18). The lowest BCUT2D eigenvalue weighted by atomic mass is 10.1. The van der Waals surface area contributed by atoms with Crippen LogP contribution in [0.25, 0.3) is 0 Å². The van der Waals surface area contributed by atoms with Crippen LogP contribution in [0, 0.1) is 0 Å². The van der Waals surface area contributed by atoms with Gasteiger partial charge in [0.05, 0.1) is 11.3 Å². The van der Waals surface area contributed by atoms with Crippen LogP contribution in [0.4, 0.5) is 5.69 Å². The van der Waals surface area contributed by atoms with E-state index in [1.807, 2.05) is 11.8 Å². The van der Waals surface area contributed by atoms with E-state index in [1.165, 1.54) is 0 Å². The van der Waals surface area contributed by atoms with Crippen LogP contribution in [0.3, 0.4) is 0 Å². The number of hydrazine groups is 1. The van der Waals surface area contributed by atoms with Crippen molar-refractivity contribution in [3.63, 3.8) is 0 Å². The van der Waals surface area contributed by atoms with Gasteiger partial charge >= 0.3 is 0 Å². The summed E-state index contributed by atoms with van der Waals surface area (Å²) in [5.74, 6) is 5.30. The first-order valence-electron chi connectivity index (χ1n) is 6.25. The van der Waals surface area contributed by atoms with Crippen molar-refractivity contribution >= 4 is 35.0 Å². The molecule has 1 amide bonds. The van der Waals surface area contributed by atoms with Gasteiger partial charge in [0.25, 0.3) is 5.91 Å². The maximum Gasteiger partial charge on any atom is 0.253 e. The second-order valence-corrected chi connectivity index (χ2v) is 6.13. The lowest BCUT2D eigenvalue weighted by Gasteiger charge is -2.20. The monoisotopic (exact) mass is 299 g/mol. The summed E-state index contributed by atoms with van der Waals surface area (Å²) in [6.07, 6.45) is 5.43. The number of nitrogens with one attached hydrogen (secondary N) is 2. The Bertz CT molecular complexity index is 469. The Hall–Kier alpha value is -0.910. The van der Waals surface area contributed by atoms with Gasteiger partial charge in [-0.05, 0) is 37.3 Å². The van der Waals surface area contributed by atoms with E-state index in [1.54, 1.807) is 18.2 Å². The molecule has 2 unspecified atom stereocenters. The molecule has 104 valence electrons. The van der Waals surface area contributed by atoms with Gasteiger partial charge in [-0.2, -0.15) is 11.8 Å². The lowest BCUT2D eigenvalue weighted by molar-refractivity contribution is 0.0939. The minimum absolute atomic E-state index is 0.124. The van der Waals surface area contributed by atoms with Crippen molar-refractivity contribution in [2.24, 2.45) is 5.84 Å². The fourth-order valence-corrected chi connectivity index (χ4v) is 3.56. The summed E-state index contributed by atoms with van der Waals surface area (Å²) in [6.45, 7) is 0. The van der Waals surface area contributed by atoms with Crippen molar-refractivity contribution in [3.05, 3.63) is 28.8 Å². The number of rotatable bonds is 4. The molecule has 6 heteroatoms. The van der Waals surface area contributed by atoms with E-state index >= 15 is 0 Å². The minimum atomic E-state index is -0.124. The molecule has 1 aromatic rings. The van der Waals surface area contributed by atoms with Crippen LogP contribution >= 0.6 is 23.4 Å². The number of benzene rings is 1. The number of nitrogen functional groups attached to an aromatic ring is 1. The maximum absolute atomic E-state index is 12.3. The number of nitrogens with two attached hydrogens (primary N) is 1. The normalized spacial score (nSPS) is 22.3. The Labute approximate surface area is 122 Å². The van der Waals surface area contributed by atoms with Crippen LogP contribution in [0.1, 0.15) is 29.6 Å². The third-order valence-electron chi connectivity index (χ3n) is 3.45. The Morgan fingerprint density at radius 1 is 1.47 bits per heavy atom. The Kier molecular flexibility index (Phi) is 4.96. The molecule has 1 aromatic carbocycles. The van der Waals surface area contributed by atoms with Gasteiger partial charge < -0.3 is 10.7 Å². The van der Waals surface area contributed by atoms with Gasteiger partial charge in [-0.25, -0.2) is 0 Å². The van der Waals surface area contributed by atoms with E-state index in [-0.39, 0.29) is 11.9 Å². The molecule has 1 aliphatic rings.